The van der Waals surface area contributed by atoms with E-state index in [1.807, 2.05) is 48.5 Å². The summed E-state index contributed by atoms with van der Waals surface area (Å²) in [5.74, 6) is 0.791. The lowest BCUT2D eigenvalue weighted by Crippen LogP contribution is -2.28. The molecule has 4 nitrogen and oxygen atoms in total. The van der Waals surface area contributed by atoms with Crippen LogP contribution in [-0.4, -0.2) is 18.4 Å². The Labute approximate surface area is 143 Å². The highest BCUT2D eigenvalue weighted by Gasteiger charge is 2.02. The van der Waals surface area contributed by atoms with E-state index in [9.17, 15) is 0 Å². The molecule has 6 heteroatoms. The normalized spacial score (nSPS) is 10.5. The predicted octanol–water partition coefficient (Wildman–Crippen LogP) is 3.46. The number of thiocarbonyl (C=S) groups is 1. The van der Waals surface area contributed by atoms with Crippen LogP contribution >= 0.6 is 28.1 Å². The number of nitrogens with one attached hydrogen (secondary N) is 2. The zero-order valence-corrected chi connectivity index (χ0v) is 14.4. The van der Waals surface area contributed by atoms with Gasteiger partial charge in [-0.05, 0) is 57.5 Å². The van der Waals surface area contributed by atoms with Crippen LogP contribution in [0.25, 0.3) is 0 Å². The van der Waals surface area contributed by atoms with Crippen molar-refractivity contribution in [3.05, 3.63) is 64.1 Å². The molecule has 0 saturated carbocycles. The van der Waals surface area contributed by atoms with Crippen molar-refractivity contribution in [1.29, 1.82) is 0 Å². The van der Waals surface area contributed by atoms with Gasteiger partial charge in [0.2, 0.25) is 0 Å². The zero-order valence-electron chi connectivity index (χ0n) is 12.0. The number of nitrogens with zero attached hydrogens (tertiary/aromatic N) is 1. The summed E-state index contributed by atoms with van der Waals surface area (Å²) < 4.78 is 6.68. The molecule has 2 aromatic carbocycles. The van der Waals surface area contributed by atoms with Gasteiger partial charge in [0.15, 0.2) is 5.11 Å². The molecular formula is C16H16BrN3OS. The van der Waals surface area contributed by atoms with Gasteiger partial charge < -0.3 is 10.1 Å². The van der Waals surface area contributed by atoms with Crippen LogP contribution in [0.15, 0.2) is 58.1 Å². The third-order valence-electron chi connectivity index (χ3n) is 2.80. The van der Waals surface area contributed by atoms with Crippen molar-refractivity contribution in [3.63, 3.8) is 0 Å². The smallest absolute Gasteiger partial charge is 0.186 e. The van der Waals surface area contributed by atoms with Crippen molar-refractivity contribution in [2.45, 2.75) is 6.61 Å². The number of hydrogen-bond donors (Lipinski definition) is 2. The number of benzene rings is 2. The van der Waals surface area contributed by atoms with Gasteiger partial charge in [0.05, 0.1) is 10.7 Å². The SMILES string of the molecule is CNC(=S)NN=Cc1ccc(OCc2ccccc2)c(Br)c1. The lowest BCUT2D eigenvalue weighted by molar-refractivity contribution is 0.304. The molecule has 2 aromatic rings. The third kappa shape index (κ3) is 5.13. The van der Waals surface area contributed by atoms with Crippen LogP contribution in [0, 0.1) is 0 Å². The lowest BCUT2D eigenvalue weighted by atomic mass is 10.2. The first-order valence-corrected chi connectivity index (χ1v) is 7.86. The summed E-state index contributed by atoms with van der Waals surface area (Å²) in [6.45, 7) is 0.533. The molecule has 0 aliphatic heterocycles. The van der Waals surface area contributed by atoms with Crippen LogP contribution in [0.2, 0.25) is 0 Å². The molecule has 0 bridgehead atoms. The summed E-state index contributed by atoms with van der Waals surface area (Å²) >= 11 is 8.44. The molecule has 0 unspecified atom stereocenters. The monoisotopic (exact) mass is 377 g/mol. The van der Waals surface area contributed by atoms with Gasteiger partial charge >= 0.3 is 0 Å². The molecule has 114 valence electrons. The minimum Gasteiger partial charge on any atom is -0.488 e. The molecule has 2 N–H and O–H groups in total. The Morgan fingerprint density at radius 3 is 2.73 bits per heavy atom. The van der Waals surface area contributed by atoms with E-state index >= 15 is 0 Å². The van der Waals surface area contributed by atoms with Gasteiger partial charge in [-0.15, -0.1) is 0 Å². The van der Waals surface area contributed by atoms with E-state index in [-0.39, 0.29) is 0 Å². The molecule has 0 saturated heterocycles. The summed E-state index contributed by atoms with van der Waals surface area (Å²) in [6, 6.07) is 15.8. The molecule has 0 aliphatic carbocycles. The van der Waals surface area contributed by atoms with Crippen LogP contribution in [0.1, 0.15) is 11.1 Å². The fourth-order valence-corrected chi connectivity index (χ4v) is 2.23. The molecule has 0 aliphatic rings. The average molecular weight is 378 g/mol. The van der Waals surface area contributed by atoms with Crippen LogP contribution in [0.4, 0.5) is 0 Å². The van der Waals surface area contributed by atoms with E-state index in [1.165, 1.54) is 0 Å². The highest BCUT2D eigenvalue weighted by molar-refractivity contribution is 9.10. The standard InChI is InChI=1S/C16H16BrN3OS/c1-18-16(22)20-19-10-13-7-8-15(14(17)9-13)21-11-12-5-3-2-4-6-12/h2-10H,11H2,1H3,(H2,18,20,22). The first kappa shape index (κ1) is 16.5. The Morgan fingerprint density at radius 1 is 1.27 bits per heavy atom. The number of rotatable bonds is 5. The summed E-state index contributed by atoms with van der Waals surface area (Å²) in [4.78, 5) is 0. The fraction of sp³-hybridized carbons (Fsp3) is 0.125. The Kier molecular flexibility index (Phi) is 6.36. The minimum atomic E-state index is 0.470. The van der Waals surface area contributed by atoms with E-state index in [0.29, 0.717) is 11.7 Å². The summed E-state index contributed by atoms with van der Waals surface area (Å²) in [7, 11) is 1.74. The van der Waals surface area contributed by atoms with E-state index in [4.69, 9.17) is 17.0 Å². The summed E-state index contributed by atoms with van der Waals surface area (Å²) in [6.07, 6.45) is 1.69. The van der Waals surface area contributed by atoms with E-state index in [2.05, 4.69) is 31.8 Å². The third-order valence-corrected chi connectivity index (χ3v) is 3.71. The molecule has 22 heavy (non-hydrogen) atoms. The predicted molar refractivity (Wildman–Crippen MR) is 97.3 cm³/mol. The second kappa shape index (κ2) is 8.51. The average Bonchev–Trinajstić information content (AvgIpc) is 2.55. The first-order chi connectivity index (χ1) is 10.7. The minimum absolute atomic E-state index is 0.470. The molecule has 0 spiro atoms. The van der Waals surface area contributed by atoms with Gasteiger partial charge in [-0.1, -0.05) is 30.3 Å². The second-order valence-corrected chi connectivity index (χ2v) is 5.68. The molecule has 0 radical (unpaired) electrons. The van der Waals surface area contributed by atoms with Crippen LogP contribution in [-0.2, 0) is 6.61 Å². The highest BCUT2D eigenvalue weighted by atomic mass is 79.9. The summed E-state index contributed by atoms with van der Waals surface area (Å²) in [5, 5.41) is 7.29. The molecule has 0 heterocycles. The van der Waals surface area contributed by atoms with E-state index in [1.54, 1.807) is 13.3 Å². The van der Waals surface area contributed by atoms with Gasteiger partial charge in [0, 0.05) is 7.05 Å². The zero-order chi connectivity index (χ0) is 15.8. The fourth-order valence-electron chi connectivity index (χ4n) is 1.67. The lowest BCUT2D eigenvalue weighted by Gasteiger charge is -2.09. The first-order valence-electron chi connectivity index (χ1n) is 6.66. The molecule has 0 atom stereocenters. The Hall–Kier alpha value is -1.92. The van der Waals surface area contributed by atoms with Crippen molar-refractivity contribution >= 4 is 39.5 Å². The Balaban J connectivity index is 1.96. The molecule has 0 fully saturated rings. The van der Waals surface area contributed by atoms with Gasteiger partial charge in [-0.3, -0.25) is 5.43 Å². The van der Waals surface area contributed by atoms with Crippen LogP contribution in [0.3, 0.4) is 0 Å². The van der Waals surface area contributed by atoms with Gasteiger partial charge in [-0.25, -0.2) is 0 Å². The van der Waals surface area contributed by atoms with Crippen LogP contribution in [0.5, 0.6) is 5.75 Å². The highest BCUT2D eigenvalue weighted by Crippen LogP contribution is 2.26. The molecule has 0 amide bonds. The Morgan fingerprint density at radius 2 is 2.05 bits per heavy atom. The quantitative estimate of drug-likeness (QED) is 0.475. The van der Waals surface area contributed by atoms with E-state index in [0.717, 1.165) is 21.3 Å². The topological polar surface area (TPSA) is 45.7 Å². The van der Waals surface area contributed by atoms with E-state index < -0.39 is 0 Å². The maximum absolute atomic E-state index is 5.80. The van der Waals surface area contributed by atoms with Crippen molar-refractivity contribution in [3.8, 4) is 5.75 Å². The van der Waals surface area contributed by atoms with Gasteiger partial charge in [0.25, 0.3) is 0 Å². The van der Waals surface area contributed by atoms with Gasteiger partial charge in [-0.2, -0.15) is 5.10 Å². The Bertz CT molecular complexity index is 662. The largest absolute Gasteiger partial charge is 0.488 e. The van der Waals surface area contributed by atoms with Crippen molar-refractivity contribution in [2.24, 2.45) is 5.10 Å². The van der Waals surface area contributed by atoms with Crippen molar-refractivity contribution in [1.82, 2.24) is 10.7 Å². The number of halogens is 1. The number of hydrazone groups is 1. The second-order valence-electron chi connectivity index (χ2n) is 4.41. The van der Waals surface area contributed by atoms with Gasteiger partial charge in [0.1, 0.15) is 12.4 Å². The van der Waals surface area contributed by atoms with Crippen LogP contribution < -0.4 is 15.5 Å². The maximum atomic E-state index is 5.80. The molecule has 2 rings (SSSR count). The number of hydrogen-bond acceptors (Lipinski definition) is 3. The maximum Gasteiger partial charge on any atom is 0.186 e. The van der Waals surface area contributed by atoms with Crippen molar-refractivity contribution < 1.29 is 4.74 Å². The summed E-state index contributed by atoms with van der Waals surface area (Å²) in [5.41, 5.74) is 4.77. The molecular weight excluding hydrogens is 362 g/mol. The number of ether oxygens (including phenoxy) is 1. The van der Waals surface area contributed by atoms with Crippen molar-refractivity contribution in [2.75, 3.05) is 7.05 Å². The molecule has 0 aromatic heterocycles.